The quantitative estimate of drug-likeness (QED) is 0.554. The van der Waals surface area contributed by atoms with E-state index in [1.165, 1.54) is 19.1 Å². The molecule has 0 aliphatic heterocycles. The first-order chi connectivity index (χ1) is 4.54. The smallest absolute Gasteiger partial charge is 0.158 e. The molecule has 0 heterocycles. The van der Waals surface area contributed by atoms with Gasteiger partial charge in [0.05, 0.1) is 0 Å². The summed E-state index contributed by atoms with van der Waals surface area (Å²) in [6.45, 7) is 5.02. The van der Waals surface area contributed by atoms with Crippen LogP contribution in [0.15, 0.2) is 12.2 Å². The van der Waals surface area contributed by atoms with Gasteiger partial charge in [0.15, 0.2) is 11.6 Å². The first-order valence-electron chi connectivity index (χ1n) is 3.26. The Morgan fingerprint density at radius 1 is 1.20 bits per heavy atom. The zero-order chi connectivity index (χ0) is 8.15. The van der Waals surface area contributed by atoms with E-state index >= 15 is 0 Å². The van der Waals surface area contributed by atoms with Gasteiger partial charge in [-0.25, -0.2) is 0 Å². The van der Waals surface area contributed by atoms with Crippen molar-refractivity contribution in [3.63, 3.8) is 0 Å². The van der Waals surface area contributed by atoms with E-state index in [2.05, 4.69) is 0 Å². The highest BCUT2D eigenvalue weighted by Gasteiger charge is 2.00. The third-order valence-corrected chi connectivity index (χ3v) is 1.05. The van der Waals surface area contributed by atoms with Gasteiger partial charge in [0, 0.05) is 5.92 Å². The average Bonchev–Trinajstić information content (AvgIpc) is 1.82. The molecule has 0 amide bonds. The van der Waals surface area contributed by atoms with Gasteiger partial charge >= 0.3 is 0 Å². The predicted molar refractivity (Wildman–Crippen MR) is 39.7 cm³/mol. The third-order valence-electron chi connectivity index (χ3n) is 1.05. The van der Waals surface area contributed by atoms with Gasteiger partial charge in [0.1, 0.15) is 0 Å². The molecule has 10 heavy (non-hydrogen) atoms. The molecule has 0 aliphatic carbocycles. The normalized spacial score (nSPS) is 10.8. The molecule has 0 saturated heterocycles. The number of carbonyl (C=O) groups is 2. The summed E-state index contributed by atoms with van der Waals surface area (Å²) in [4.78, 5) is 21.1. The molecule has 0 N–H and O–H groups in total. The lowest BCUT2D eigenvalue weighted by Crippen LogP contribution is -2.02. The molecule has 0 radical (unpaired) electrons. The van der Waals surface area contributed by atoms with Crippen LogP contribution < -0.4 is 0 Å². The number of allylic oxidation sites excluding steroid dienone is 2. The summed E-state index contributed by atoms with van der Waals surface area (Å²) in [5.74, 6) is -0.111. The summed E-state index contributed by atoms with van der Waals surface area (Å²) >= 11 is 0. The van der Waals surface area contributed by atoms with Crippen molar-refractivity contribution < 1.29 is 9.59 Å². The van der Waals surface area contributed by atoms with E-state index in [4.69, 9.17) is 0 Å². The number of rotatable bonds is 3. The van der Waals surface area contributed by atoms with Gasteiger partial charge < -0.3 is 0 Å². The van der Waals surface area contributed by atoms with E-state index in [0.717, 1.165) is 0 Å². The molecule has 0 saturated carbocycles. The van der Waals surface area contributed by atoms with Crippen molar-refractivity contribution in [2.45, 2.75) is 20.8 Å². The molecule has 0 fully saturated rings. The predicted octanol–water partition coefficient (Wildman–Crippen LogP) is 1.36. The van der Waals surface area contributed by atoms with Crippen LogP contribution in [0.3, 0.4) is 0 Å². The Morgan fingerprint density at radius 3 is 2.00 bits per heavy atom. The maximum Gasteiger partial charge on any atom is 0.158 e. The van der Waals surface area contributed by atoms with Gasteiger partial charge in [0.25, 0.3) is 0 Å². The fourth-order valence-electron chi connectivity index (χ4n) is 0.392. The lowest BCUT2D eigenvalue weighted by molar-refractivity contribution is -0.118. The lowest BCUT2D eigenvalue weighted by Gasteiger charge is -1.94. The molecule has 0 bridgehead atoms. The minimum Gasteiger partial charge on any atom is -0.295 e. The van der Waals surface area contributed by atoms with Gasteiger partial charge in [-0.15, -0.1) is 0 Å². The van der Waals surface area contributed by atoms with Crippen LogP contribution in [0, 0.1) is 5.92 Å². The Hall–Kier alpha value is -0.920. The molecule has 2 heteroatoms. The van der Waals surface area contributed by atoms with Gasteiger partial charge in [-0.2, -0.15) is 0 Å². The Bertz CT molecular complexity index is 166. The average molecular weight is 140 g/mol. The molecule has 0 spiro atoms. The summed E-state index contributed by atoms with van der Waals surface area (Å²) in [6.07, 6.45) is 2.62. The second-order valence-corrected chi connectivity index (χ2v) is 2.50. The maximum absolute atomic E-state index is 10.8. The number of ketones is 2. The van der Waals surface area contributed by atoms with Crippen LogP contribution in [0.2, 0.25) is 0 Å². The van der Waals surface area contributed by atoms with E-state index in [1.807, 2.05) is 0 Å². The zero-order valence-corrected chi connectivity index (χ0v) is 6.55. The largest absolute Gasteiger partial charge is 0.295 e. The fraction of sp³-hybridized carbons (Fsp3) is 0.500. The number of hydrogen-bond donors (Lipinski definition) is 0. The molecule has 0 aromatic heterocycles. The van der Waals surface area contributed by atoms with E-state index in [9.17, 15) is 9.59 Å². The Labute approximate surface area is 60.9 Å². The molecular formula is C8H12O2. The summed E-state index contributed by atoms with van der Waals surface area (Å²) in [7, 11) is 0. The Balaban J connectivity index is 3.90. The zero-order valence-electron chi connectivity index (χ0n) is 6.55. The molecule has 0 atom stereocenters. The topological polar surface area (TPSA) is 34.1 Å². The molecule has 0 aromatic rings. The second-order valence-electron chi connectivity index (χ2n) is 2.50. The van der Waals surface area contributed by atoms with Crippen molar-refractivity contribution in [2.75, 3.05) is 0 Å². The van der Waals surface area contributed by atoms with Crippen LogP contribution in [0.5, 0.6) is 0 Å². The molecule has 0 rings (SSSR count). The maximum atomic E-state index is 10.8. The number of hydrogen-bond acceptors (Lipinski definition) is 2. The van der Waals surface area contributed by atoms with Gasteiger partial charge in [0.2, 0.25) is 0 Å². The van der Waals surface area contributed by atoms with Crippen molar-refractivity contribution in [1.29, 1.82) is 0 Å². The van der Waals surface area contributed by atoms with E-state index < -0.39 is 0 Å². The monoisotopic (exact) mass is 140 g/mol. The first kappa shape index (κ1) is 9.08. The molecule has 56 valence electrons. The highest BCUT2D eigenvalue weighted by molar-refractivity contribution is 5.98. The van der Waals surface area contributed by atoms with Crippen molar-refractivity contribution >= 4 is 11.6 Å². The van der Waals surface area contributed by atoms with E-state index in [1.54, 1.807) is 13.8 Å². The fourth-order valence-corrected chi connectivity index (χ4v) is 0.392. The second kappa shape index (κ2) is 3.99. The van der Waals surface area contributed by atoms with Crippen LogP contribution in [0.1, 0.15) is 20.8 Å². The van der Waals surface area contributed by atoms with Crippen molar-refractivity contribution in [3.8, 4) is 0 Å². The van der Waals surface area contributed by atoms with E-state index in [0.29, 0.717) is 0 Å². The van der Waals surface area contributed by atoms with Gasteiger partial charge in [-0.3, -0.25) is 9.59 Å². The Morgan fingerprint density at radius 2 is 1.70 bits per heavy atom. The van der Waals surface area contributed by atoms with Crippen LogP contribution in [-0.4, -0.2) is 11.6 Å². The first-order valence-corrected chi connectivity index (χ1v) is 3.26. The van der Waals surface area contributed by atoms with Gasteiger partial charge in [-0.05, 0) is 19.1 Å². The standard InChI is InChI=1S/C8H12O2/c1-6(2)8(10)5-4-7(3)9/h4-6H,1-3H3/b5-4-. The van der Waals surface area contributed by atoms with Crippen molar-refractivity contribution in [1.82, 2.24) is 0 Å². The molecule has 2 nitrogen and oxygen atoms in total. The highest BCUT2D eigenvalue weighted by atomic mass is 16.1. The summed E-state index contributed by atoms with van der Waals surface area (Å²) in [5.41, 5.74) is 0. The minimum absolute atomic E-state index is 0.00444. The van der Waals surface area contributed by atoms with Crippen molar-refractivity contribution in [3.05, 3.63) is 12.2 Å². The highest BCUT2D eigenvalue weighted by Crippen LogP contribution is 1.94. The van der Waals surface area contributed by atoms with Crippen LogP contribution >= 0.6 is 0 Å². The van der Waals surface area contributed by atoms with Crippen LogP contribution in [0.4, 0.5) is 0 Å². The molecule has 0 aliphatic rings. The van der Waals surface area contributed by atoms with Crippen LogP contribution in [-0.2, 0) is 9.59 Å². The third kappa shape index (κ3) is 4.01. The summed E-state index contributed by atoms with van der Waals surface area (Å²) in [6, 6.07) is 0. The summed E-state index contributed by atoms with van der Waals surface area (Å²) in [5, 5.41) is 0. The number of carbonyl (C=O) groups excluding carboxylic acids is 2. The van der Waals surface area contributed by atoms with Crippen LogP contribution in [0.25, 0.3) is 0 Å². The Kier molecular flexibility index (Phi) is 3.62. The van der Waals surface area contributed by atoms with Gasteiger partial charge in [-0.1, -0.05) is 13.8 Å². The molecular weight excluding hydrogens is 128 g/mol. The SMILES string of the molecule is CC(=O)/C=C\C(=O)C(C)C. The molecule has 0 unspecified atom stereocenters. The molecule has 0 aromatic carbocycles. The lowest BCUT2D eigenvalue weighted by atomic mass is 10.1. The summed E-state index contributed by atoms with van der Waals surface area (Å²) < 4.78 is 0. The van der Waals surface area contributed by atoms with Crippen molar-refractivity contribution in [2.24, 2.45) is 5.92 Å². The van der Waals surface area contributed by atoms with E-state index in [-0.39, 0.29) is 17.5 Å². The minimum atomic E-state index is -0.0889.